The molecule has 4 N–H and O–H groups in total. The molecule has 0 aromatic heterocycles. The van der Waals surface area contributed by atoms with E-state index in [1.165, 1.54) is 24.3 Å². The molecular formula is C18H18ClN3O5S. The van der Waals surface area contributed by atoms with Gasteiger partial charge >= 0.3 is 6.03 Å². The lowest BCUT2D eigenvalue weighted by molar-refractivity contribution is 0.102. The van der Waals surface area contributed by atoms with Crippen molar-refractivity contribution in [2.24, 2.45) is 0 Å². The molecule has 28 heavy (non-hydrogen) atoms. The Morgan fingerprint density at radius 2 is 1.89 bits per heavy atom. The normalized spacial score (nSPS) is 17.7. The van der Waals surface area contributed by atoms with E-state index in [4.69, 9.17) is 11.6 Å². The van der Waals surface area contributed by atoms with Crippen LogP contribution in [0.15, 0.2) is 42.5 Å². The van der Waals surface area contributed by atoms with Crippen LogP contribution in [0.25, 0.3) is 0 Å². The standard InChI is InChI=1S/C18H18ClN3O5S/c19-12-4-5-16(23)15(9-12)22-17(24)11-2-1-3-13(8-11)20-18(25)21-14-6-7-28(26,27)10-14/h1-5,8-9,14,23H,6-7,10H2,(H,22,24)(H2,20,21,25)/t14-/m0/s1. The molecule has 0 radical (unpaired) electrons. The Bertz CT molecular complexity index is 1030. The highest BCUT2D eigenvalue weighted by Crippen LogP contribution is 2.27. The van der Waals surface area contributed by atoms with Crippen molar-refractivity contribution in [2.45, 2.75) is 12.5 Å². The Labute approximate surface area is 166 Å². The van der Waals surface area contributed by atoms with Gasteiger partial charge in [-0.3, -0.25) is 4.79 Å². The fourth-order valence-electron chi connectivity index (χ4n) is 2.80. The minimum Gasteiger partial charge on any atom is -0.506 e. The number of hydrogen-bond donors (Lipinski definition) is 4. The molecule has 0 saturated carbocycles. The lowest BCUT2D eigenvalue weighted by atomic mass is 10.1. The second-order valence-corrected chi connectivity index (χ2v) is 9.06. The Morgan fingerprint density at radius 1 is 1.11 bits per heavy atom. The minimum atomic E-state index is -3.09. The van der Waals surface area contributed by atoms with Gasteiger partial charge in [0.25, 0.3) is 5.91 Å². The van der Waals surface area contributed by atoms with Crippen molar-refractivity contribution >= 4 is 44.8 Å². The molecular weight excluding hydrogens is 406 g/mol. The van der Waals surface area contributed by atoms with Crippen LogP contribution in [-0.4, -0.2) is 43.0 Å². The van der Waals surface area contributed by atoms with E-state index in [-0.39, 0.29) is 28.5 Å². The fourth-order valence-corrected chi connectivity index (χ4v) is 4.65. The van der Waals surface area contributed by atoms with Crippen LogP contribution in [0.4, 0.5) is 16.2 Å². The van der Waals surface area contributed by atoms with Crippen molar-refractivity contribution < 1.29 is 23.1 Å². The lowest BCUT2D eigenvalue weighted by Crippen LogP contribution is -2.38. The van der Waals surface area contributed by atoms with Gasteiger partial charge < -0.3 is 21.1 Å². The van der Waals surface area contributed by atoms with E-state index >= 15 is 0 Å². The van der Waals surface area contributed by atoms with E-state index < -0.39 is 27.8 Å². The van der Waals surface area contributed by atoms with Crippen LogP contribution < -0.4 is 16.0 Å². The highest BCUT2D eigenvalue weighted by atomic mass is 35.5. The number of phenols is 1. The average Bonchev–Trinajstić information content (AvgIpc) is 2.96. The van der Waals surface area contributed by atoms with Crippen molar-refractivity contribution in [3.8, 4) is 5.75 Å². The second-order valence-electron chi connectivity index (χ2n) is 6.39. The molecule has 1 atom stereocenters. The third kappa shape index (κ3) is 5.14. The van der Waals surface area contributed by atoms with Gasteiger partial charge in [0.2, 0.25) is 0 Å². The molecule has 8 nitrogen and oxygen atoms in total. The lowest BCUT2D eigenvalue weighted by Gasteiger charge is -2.13. The highest BCUT2D eigenvalue weighted by molar-refractivity contribution is 7.91. The largest absolute Gasteiger partial charge is 0.506 e. The second kappa shape index (κ2) is 8.07. The number of halogens is 1. The summed E-state index contributed by atoms with van der Waals surface area (Å²) in [7, 11) is -3.09. The summed E-state index contributed by atoms with van der Waals surface area (Å²) in [6, 6.07) is 9.48. The topological polar surface area (TPSA) is 125 Å². The summed E-state index contributed by atoms with van der Waals surface area (Å²) in [5.74, 6) is -0.642. The van der Waals surface area contributed by atoms with Crippen molar-refractivity contribution in [3.05, 3.63) is 53.1 Å². The van der Waals surface area contributed by atoms with Gasteiger partial charge in [-0.25, -0.2) is 13.2 Å². The molecule has 0 aliphatic carbocycles. The number of carbonyl (C=O) groups excluding carboxylic acids is 2. The van der Waals surface area contributed by atoms with E-state index in [2.05, 4.69) is 16.0 Å². The maximum atomic E-state index is 12.4. The third-order valence-corrected chi connectivity index (χ3v) is 6.16. The van der Waals surface area contributed by atoms with Crippen molar-refractivity contribution in [3.63, 3.8) is 0 Å². The van der Waals surface area contributed by atoms with Crippen LogP contribution in [0.2, 0.25) is 5.02 Å². The van der Waals surface area contributed by atoms with Crippen molar-refractivity contribution in [1.29, 1.82) is 0 Å². The van der Waals surface area contributed by atoms with E-state index in [0.29, 0.717) is 17.1 Å². The first-order chi connectivity index (χ1) is 13.2. The van der Waals surface area contributed by atoms with Gasteiger partial charge in [0.05, 0.1) is 17.2 Å². The number of nitrogens with one attached hydrogen (secondary N) is 3. The summed E-state index contributed by atoms with van der Waals surface area (Å²) < 4.78 is 22.9. The molecule has 10 heteroatoms. The van der Waals surface area contributed by atoms with Gasteiger partial charge in [-0.15, -0.1) is 0 Å². The van der Waals surface area contributed by atoms with E-state index in [0.717, 1.165) is 0 Å². The van der Waals surface area contributed by atoms with Crippen molar-refractivity contribution in [2.75, 3.05) is 22.1 Å². The number of benzene rings is 2. The van der Waals surface area contributed by atoms with Crippen LogP contribution >= 0.6 is 11.6 Å². The van der Waals surface area contributed by atoms with Crippen LogP contribution in [0.3, 0.4) is 0 Å². The monoisotopic (exact) mass is 423 g/mol. The van der Waals surface area contributed by atoms with E-state index in [9.17, 15) is 23.1 Å². The zero-order valence-electron chi connectivity index (χ0n) is 14.6. The van der Waals surface area contributed by atoms with Crippen LogP contribution in [-0.2, 0) is 9.84 Å². The van der Waals surface area contributed by atoms with Gasteiger partial charge in [-0.2, -0.15) is 0 Å². The Balaban J connectivity index is 1.64. The molecule has 0 bridgehead atoms. The first-order valence-electron chi connectivity index (χ1n) is 8.40. The summed E-state index contributed by atoms with van der Waals surface area (Å²) in [6.45, 7) is 0. The molecule has 0 unspecified atom stereocenters. The summed E-state index contributed by atoms with van der Waals surface area (Å²) >= 11 is 5.86. The van der Waals surface area contributed by atoms with Gasteiger partial charge in [-0.05, 0) is 42.8 Å². The molecule has 148 valence electrons. The molecule has 1 aliphatic rings. The number of phenolic OH excluding ortho intramolecular Hbond substituents is 1. The molecule has 0 spiro atoms. The molecule has 1 saturated heterocycles. The average molecular weight is 424 g/mol. The number of hydrogen-bond acceptors (Lipinski definition) is 5. The number of amides is 3. The molecule has 1 aliphatic heterocycles. The number of anilines is 2. The van der Waals surface area contributed by atoms with Gasteiger partial charge in [0, 0.05) is 22.3 Å². The first-order valence-corrected chi connectivity index (χ1v) is 10.6. The maximum absolute atomic E-state index is 12.4. The molecule has 2 aromatic carbocycles. The zero-order chi connectivity index (χ0) is 20.3. The van der Waals surface area contributed by atoms with Crippen LogP contribution in [0, 0.1) is 0 Å². The summed E-state index contributed by atoms with van der Waals surface area (Å²) in [5, 5.41) is 17.9. The smallest absolute Gasteiger partial charge is 0.319 e. The first kappa shape index (κ1) is 20.0. The number of urea groups is 1. The molecule has 3 amide bonds. The molecule has 1 fully saturated rings. The maximum Gasteiger partial charge on any atom is 0.319 e. The van der Waals surface area contributed by atoms with Gasteiger partial charge in [0.1, 0.15) is 5.75 Å². The van der Waals surface area contributed by atoms with Crippen molar-refractivity contribution in [1.82, 2.24) is 5.32 Å². The number of carbonyl (C=O) groups is 2. The summed E-state index contributed by atoms with van der Waals surface area (Å²) in [6.07, 6.45) is 0.376. The molecule has 3 rings (SSSR count). The summed E-state index contributed by atoms with van der Waals surface area (Å²) in [5.41, 5.74) is 0.776. The fraction of sp³-hybridized carbons (Fsp3) is 0.222. The van der Waals surface area contributed by atoms with Gasteiger partial charge in [-0.1, -0.05) is 17.7 Å². The van der Waals surface area contributed by atoms with E-state index in [1.54, 1.807) is 18.2 Å². The predicted octanol–water partition coefficient (Wildman–Crippen LogP) is 2.61. The Hall–Kier alpha value is -2.78. The van der Waals surface area contributed by atoms with E-state index in [1.807, 2.05) is 0 Å². The molecule has 1 heterocycles. The summed E-state index contributed by atoms with van der Waals surface area (Å²) in [4.78, 5) is 24.5. The highest BCUT2D eigenvalue weighted by Gasteiger charge is 2.28. The Morgan fingerprint density at radius 3 is 2.61 bits per heavy atom. The number of aromatic hydroxyl groups is 1. The number of sulfone groups is 1. The Kier molecular flexibility index (Phi) is 5.76. The third-order valence-electron chi connectivity index (χ3n) is 4.16. The quantitative estimate of drug-likeness (QED) is 0.562. The molecule has 2 aromatic rings. The van der Waals surface area contributed by atoms with Gasteiger partial charge in [0.15, 0.2) is 9.84 Å². The predicted molar refractivity (Wildman–Crippen MR) is 107 cm³/mol. The van der Waals surface area contributed by atoms with Crippen LogP contribution in [0.5, 0.6) is 5.75 Å². The number of rotatable bonds is 4. The zero-order valence-corrected chi connectivity index (χ0v) is 16.2. The van der Waals surface area contributed by atoms with Crippen LogP contribution in [0.1, 0.15) is 16.8 Å². The minimum absolute atomic E-state index is 0.0595. The SMILES string of the molecule is O=C(Nc1cccc(C(=O)Nc2cc(Cl)ccc2O)c1)N[C@H]1CCS(=O)(=O)C1.